The molecule has 3 aromatic carbocycles. The van der Waals surface area contributed by atoms with Gasteiger partial charge >= 0.3 is 0 Å². The molecule has 1 amide bonds. The maximum atomic E-state index is 13.0. The zero-order chi connectivity index (χ0) is 22.1. The number of rotatable bonds is 5. The fraction of sp³-hybridized carbons (Fsp3) is 0.136. The lowest BCUT2D eigenvalue weighted by molar-refractivity contribution is 0.102. The van der Waals surface area contributed by atoms with Crippen LogP contribution in [0.4, 0.5) is 11.4 Å². The van der Waals surface area contributed by atoms with E-state index in [0.717, 1.165) is 11.1 Å². The molecule has 0 fully saturated rings. The van der Waals surface area contributed by atoms with Crippen LogP contribution in [0.25, 0.3) is 0 Å². The van der Waals surface area contributed by atoms with Crippen molar-refractivity contribution in [3.63, 3.8) is 0 Å². The second kappa shape index (κ2) is 8.68. The smallest absolute Gasteiger partial charge is 0.262 e. The first-order valence-electron chi connectivity index (χ1n) is 9.04. The zero-order valence-electron chi connectivity index (χ0n) is 16.6. The van der Waals surface area contributed by atoms with Crippen LogP contribution in [0.3, 0.4) is 0 Å². The van der Waals surface area contributed by atoms with Gasteiger partial charge < -0.3 is 5.32 Å². The summed E-state index contributed by atoms with van der Waals surface area (Å²) in [5.74, 6) is -0.462. The Kier molecular flexibility index (Phi) is 6.41. The van der Waals surface area contributed by atoms with Crippen molar-refractivity contribution in [1.82, 2.24) is 0 Å². The molecule has 0 radical (unpaired) electrons. The lowest BCUT2D eigenvalue weighted by Gasteiger charge is -2.14. The molecule has 0 bridgehead atoms. The van der Waals surface area contributed by atoms with Crippen molar-refractivity contribution in [2.24, 2.45) is 0 Å². The van der Waals surface area contributed by atoms with E-state index in [1.807, 2.05) is 26.0 Å². The monoisotopic (exact) mass is 462 g/mol. The largest absolute Gasteiger partial charge is 0.322 e. The number of sulfonamides is 1. The van der Waals surface area contributed by atoms with Gasteiger partial charge in [0.2, 0.25) is 0 Å². The number of aryl methyl sites for hydroxylation is 3. The average molecular weight is 463 g/mol. The number of carbonyl (C=O) groups excluding carboxylic acids is 1. The number of nitrogens with one attached hydrogen (secondary N) is 2. The molecule has 0 aromatic heterocycles. The van der Waals surface area contributed by atoms with Crippen LogP contribution in [-0.4, -0.2) is 14.3 Å². The summed E-state index contributed by atoms with van der Waals surface area (Å²) in [5, 5.41) is 3.37. The standard InChI is InChI=1S/C22H20Cl2N2O3S/c1-13-4-5-14(2)20(10-13)26-30(28,29)21-11-16(7-6-15(21)3)22(27)25-17-8-9-18(23)19(24)12-17/h4-12,26H,1-3H3,(H,25,27). The summed E-state index contributed by atoms with van der Waals surface area (Å²) in [6, 6.07) is 14.8. The molecule has 0 unspecified atom stereocenters. The Balaban J connectivity index is 1.91. The van der Waals surface area contributed by atoms with Gasteiger partial charge in [-0.05, 0) is 73.9 Å². The second-order valence-corrected chi connectivity index (χ2v) is 9.45. The molecular formula is C22H20Cl2N2O3S. The predicted octanol–water partition coefficient (Wildman–Crippen LogP) is 5.97. The molecule has 8 heteroatoms. The van der Waals surface area contributed by atoms with Crippen LogP contribution in [0.5, 0.6) is 0 Å². The molecule has 0 saturated heterocycles. The third kappa shape index (κ3) is 4.95. The van der Waals surface area contributed by atoms with E-state index in [4.69, 9.17) is 23.2 Å². The van der Waals surface area contributed by atoms with Crippen molar-refractivity contribution in [2.75, 3.05) is 10.0 Å². The summed E-state index contributed by atoms with van der Waals surface area (Å²) in [4.78, 5) is 12.7. The molecule has 0 aliphatic heterocycles. The Morgan fingerprint density at radius 3 is 2.23 bits per heavy atom. The Hall–Kier alpha value is -2.54. The summed E-state index contributed by atoms with van der Waals surface area (Å²) < 4.78 is 28.7. The van der Waals surface area contributed by atoms with E-state index in [2.05, 4.69) is 10.0 Å². The molecule has 2 N–H and O–H groups in total. The van der Waals surface area contributed by atoms with E-state index < -0.39 is 15.9 Å². The van der Waals surface area contributed by atoms with Crippen LogP contribution < -0.4 is 10.0 Å². The van der Waals surface area contributed by atoms with Gasteiger partial charge in [-0.25, -0.2) is 8.42 Å². The van der Waals surface area contributed by atoms with Gasteiger partial charge in [0, 0.05) is 11.3 Å². The maximum Gasteiger partial charge on any atom is 0.262 e. The molecule has 30 heavy (non-hydrogen) atoms. The van der Waals surface area contributed by atoms with Gasteiger partial charge in [0.25, 0.3) is 15.9 Å². The molecule has 0 aliphatic carbocycles. The van der Waals surface area contributed by atoms with Crippen molar-refractivity contribution in [3.05, 3.63) is 86.9 Å². The van der Waals surface area contributed by atoms with Gasteiger partial charge in [-0.15, -0.1) is 0 Å². The first-order valence-corrected chi connectivity index (χ1v) is 11.3. The van der Waals surface area contributed by atoms with Crippen LogP contribution in [0.2, 0.25) is 10.0 Å². The Labute approximate surface area is 186 Å². The molecule has 5 nitrogen and oxygen atoms in total. The number of benzene rings is 3. The molecule has 0 aliphatic rings. The van der Waals surface area contributed by atoms with Crippen molar-refractivity contribution in [2.45, 2.75) is 25.7 Å². The van der Waals surface area contributed by atoms with Crippen LogP contribution in [-0.2, 0) is 10.0 Å². The third-order valence-corrected chi connectivity index (χ3v) is 6.80. The highest BCUT2D eigenvalue weighted by atomic mass is 35.5. The number of anilines is 2. The molecular weight excluding hydrogens is 443 g/mol. The second-order valence-electron chi connectivity index (χ2n) is 6.99. The lowest BCUT2D eigenvalue weighted by atomic mass is 10.1. The normalized spacial score (nSPS) is 11.2. The van der Waals surface area contributed by atoms with Crippen molar-refractivity contribution < 1.29 is 13.2 Å². The van der Waals surface area contributed by atoms with Crippen LogP contribution in [0.1, 0.15) is 27.0 Å². The number of halogens is 2. The SMILES string of the molecule is Cc1ccc(C)c(NS(=O)(=O)c2cc(C(=O)Nc3ccc(Cl)c(Cl)c3)ccc2C)c1. The third-order valence-electron chi connectivity index (χ3n) is 4.55. The number of amides is 1. The zero-order valence-corrected chi connectivity index (χ0v) is 18.9. The minimum absolute atomic E-state index is 0.0326. The highest BCUT2D eigenvalue weighted by molar-refractivity contribution is 7.92. The summed E-state index contributed by atoms with van der Waals surface area (Å²) in [7, 11) is -3.89. The number of carbonyl (C=O) groups is 1. The van der Waals surface area contributed by atoms with E-state index >= 15 is 0 Å². The molecule has 3 aromatic rings. The van der Waals surface area contributed by atoms with E-state index in [0.29, 0.717) is 27.0 Å². The number of hydrogen-bond acceptors (Lipinski definition) is 3. The number of hydrogen-bond donors (Lipinski definition) is 2. The first kappa shape index (κ1) is 22.2. The first-order chi connectivity index (χ1) is 14.1. The summed E-state index contributed by atoms with van der Waals surface area (Å²) in [5.41, 5.74) is 3.42. The van der Waals surface area contributed by atoms with Crippen LogP contribution in [0.15, 0.2) is 59.5 Å². The van der Waals surface area contributed by atoms with E-state index in [9.17, 15) is 13.2 Å². The average Bonchev–Trinajstić information content (AvgIpc) is 2.67. The Morgan fingerprint density at radius 2 is 1.53 bits per heavy atom. The molecule has 0 heterocycles. The van der Waals surface area contributed by atoms with E-state index in [1.165, 1.54) is 12.1 Å². The van der Waals surface area contributed by atoms with Gasteiger partial charge in [-0.1, -0.05) is 41.4 Å². The fourth-order valence-electron chi connectivity index (χ4n) is 2.85. The summed E-state index contributed by atoms with van der Waals surface area (Å²) >= 11 is 11.9. The van der Waals surface area contributed by atoms with Crippen molar-refractivity contribution >= 4 is 50.5 Å². The molecule has 156 valence electrons. The lowest BCUT2D eigenvalue weighted by Crippen LogP contribution is -2.17. The minimum Gasteiger partial charge on any atom is -0.322 e. The van der Waals surface area contributed by atoms with Gasteiger partial charge in [0.15, 0.2) is 0 Å². The Morgan fingerprint density at radius 1 is 0.833 bits per heavy atom. The van der Waals surface area contributed by atoms with Crippen molar-refractivity contribution in [1.29, 1.82) is 0 Å². The van der Waals surface area contributed by atoms with Crippen LogP contribution in [0, 0.1) is 20.8 Å². The van der Waals surface area contributed by atoms with Gasteiger partial charge in [-0.3, -0.25) is 9.52 Å². The highest BCUT2D eigenvalue weighted by Crippen LogP contribution is 2.26. The Bertz CT molecular complexity index is 1240. The quantitative estimate of drug-likeness (QED) is 0.490. The van der Waals surface area contributed by atoms with Gasteiger partial charge in [0.1, 0.15) is 0 Å². The fourth-order valence-corrected chi connectivity index (χ4v) is 4.55. The summed E-state index contributed by atoms with van der Waals surface area (Å²) in [6.45, 7) is 5.39. The molecule has 0 saturated carbocycles. The van der Waals surface area contributed by atoms with E-state index in [1.54, 1.807) is 37.3 Å². The van der Waals surface area contributed by atoms with Crippen LogP contribution >= 0.6 is 23.2 Å². The minimum atomic E-state index is -3.89. The topological polar surface area (TPSA) is 75.3 Å². The molecule has 3 rings (SSSR count). The molecule has 0 spiro atoms. The van der Waals surface area contributed by atoms with E-state index in [-0.39, 0.29) is 10.5 Å². The summed E-state index contributed by atoms with van der Waals surface area (Å²) in [6.07, 6.45) is 0. The maximum absolute atomic E-state index is 13.0. The van der Waals surface area contributed by atoms with Gasteiger partial charge in [-0.2, -0.15) is 0 Å². The predicted molar refractivity (Wildman–Crippen MR) is 122 cm³/mol. The highest BCUT2D eigenvalue weighted by Gasteiger charge is 2.20. The van der Waals surface area contributed by atoms with Gasteiger partial charge in [0.05, 0.1) is 20.6 Å². The van der Waals surface area contributed by atoms with Crippen molar-refractivity contribution in [3.8, 4) is 0 Å². The molecule has 0 atom stereocenters.